The molecule has 0 atom stereocenters. The number of amides is 1. The van der Waals surface area contributed by atoms with Gasteiger partial charge in [-0.1, -0.05) is 29.8 Å². The maximum Gasteiger partial charge on any atom is 0.325 e. The lowest BCUT2D eigenvalue weighted by atomic mass is 10.2. The van der Waals surface area contributed by atoms with E-state index < -0.39 is 5.97 Å². The van der Waals surface area contributed by atoms with Crippen LogP contribution in [0.25, 0.3) is 9.88 Å². The highest BCUT2D eigenvalue weighted by atomic mass is 35.5. The number of carbonyl (C=O) groups is 2. The van der Waals surface area contributed by atoms with Crippen molar-refractivity contribution in [3.05, 3.63) is 63.4 Å². The lowest BCUT2D eigenvalue weighted by molar-refractivity contribution is -0.147. The molecule has 0 aliphatic carbocycles. The summed E-state index contributed by atoms with van der Waals surface area (Å²) in [5, 5.41) is 5.38. The molecule has 0 saturated carbocycles. The quantitative estimate of drug-likeness (QED) is 0.535. The van der Waals surface area contributed by atoms with Crippen LogP contribution < -0.4 is 0 Å². The van der Waals surface area contributed by atoms with Crippen LogP contribution in [-0.4, -0.2) is 35.4 Å². The van der Waals surface area contributed by atoms with Crippen LogP contribution in [0.5, 0.6) is 0 Å². The van der Waals surface area contributed by atoms with Gasteiger partial charge in [0.15, 0.2) is 0 Å². The maximum atomic E-state index is 12.8. The van der Waals surface area contributed by atoms with E-state index in [1.807, 2.05) is 35.0 Å². The number of carbonyl (C=O) groups excluding carboxylic acids is 2. The average molecular weight is 421 g/mol. The zero-order valence-electron chi connectivity index (χ0n) is 14.6. The first-order valence-corrected chi connectivity index (χ1v) is 10.3. The fraction of sp³-hybridized carbons (Fsp3) is 0.211. The van der Waals surface area contributed by atoms with Crippen LogP contribution in [0.15, 0.2) is 47.2 Å². The number of aromatic nitrogens is 1. The zero-order valence-corrected chi connectivity index (χ0v) is 16.9. The largest absolute Gasteiger partial charge is 0.468 e. The molecule has 0 saturated heterocycles. The third-order valence-electron chi connectivity index (χ3n) is 3.80. The molecule has 3 aromatic rings. The Morgan fingerprint density at radius 1 is 1.19 bits per heavy atom. The highest BCUT2D eigenvalue weighted by molar-refractivity contribution is 7.20. The summed E-state index contributed by atoms with van der Waals surface area (Å²) in [6.45, 7) is 0.187. The monoisotopic (exact) mass is 420 g/mol. The van der Waals surface area contributed by atoms with Gasteiger partial charge in [-0.15, -0.1) is 22.7 Å². The number of hydrogen-bond donors (Lipinski definition) is 0. The van der Waals surface area contributed by atoms with E-state index in [-0.39, 0.29) is 18.9 Å². The molecule has 0 unspecified atom stereocenters. The van der Waals surface area contributed by atoms with Crippen LogP contribution in [0, 0.1) is 0 Å². The smallest absolute Gasteiger partial charge is 0.325 e. The van der Waals surface area contributed by atoms with Gasteiger partial charge in [0, 0.05) is 16.9 Å². The fourth-order valence-electron chi connectivity index (χ4n) is 2.43. The summed E-state index contributed by atoms with van der Waals surface area (Å²) >= 11 is 9.03. The van der Waals surface area contributed by atoms with Crippen LogP contribution in [0.2, 0.25) is 5.02 Å². The number of ether oxygens (including phenoxy) is 1. The number of nitrogens with zero attached hydrogens (tertiary/aromatic N) is 2. The zero-order chi connectivity index (χ0) is 19.2. The molecule has 1 amide bonds. The number of thiazole rings is 1. The summed E-state index contributed by atoms with van der Waals surface area (Å²) in [6.07, 6.45) is 0.131. The van der Waals surface area contributed by atoms with Crippen molar-refractivity contribution in [1.29, 1.82) is 0 Å². The minimum Gasteiger partial charge on any atom is -0.468 e. The van der Waals surface area contributed by atoms with Crippen LogP contribution in [0.4, 0.5) is 0 Å². The van der Waals surface area contributed by atoms with Crippen LogP contribution in [0.3, 0.4) is 0 Å². The highest BCUT2D eigenvalue weighted by Gasteiger charge is 2.20. The van der Waals surface area contributed by atoms with E-state index in [1.165, 1.54) is 23.3 Å². The molecule has 27 heavy (non-hydrogen) atoms. The molecule has 0 radical (unpaired) electrons. The summed E-state index contributed by atoms with van der Waals surface area (Å²) in [4.78, 5) is 31.6. The Balaban J connectivity index is 1.72. The SMILES string of the molecule is COC(=O)CN(Cc1ccc(Cl)cc1)C(=O)Cc1csc(-c2cccs2)n1. The number of hydrogen-bond acceptors (Lipinski definition) is 6. The summed E-state index contributed by atoms with van der Waals surface area (Å²) in [7, 11) is 1.31. The molecule has 0 aliphatic heterocycles. The van der Waals surface area contributed by atoms with Gasteiger partial charge in [-0.3, -0.25) is 9.59 Å². The standard InChI is InChI=1S/C19H17ClN2O3S2/c1-25-18(24)11-22(10-13-4-6-14(20)7-5-13)17(23)9-15-12-27-19(21-15)16-3-2-8-26-16/h2-8,12H,9-11H2,1H3. The molecule has 0 N–H and O–H groups in total. The minimum atomic E-state index is -0.463. The average Bonchev–Trinajstić information content (AvgIpc) is 3.34. The molecule has 2 heterocycles. The van der Waals surface area contributed by atoms with Gasteiger partial charge in [0.1, 0.15) is 11.6 Å². The molecule has 3 rings (SSSR count). The third kappa shape index (κ3) is 5.38. The molecule has 140 valence electrons. The van der Waals surface area contributed by atoms with Gasteiger partial charge in [0.2, 0.25) is 5.91 Å². The molecular weight excluding hydrogens is 404 g/mol. The first kappa shape index (κ1) is 19.5. The van der Waals surface area contributed by atoms with E-state index in [0.29, 0.717) is 17.3 Å². The van der Waals surface area contributed by atoms with Crippen molar-refractivity contribution in [2.75, 3.05) is 13.7 Å². The van der Waals surface area contributed by atoms with Gasteiger partial charge in [0.05, 0.1) is 24.1 Å². The second-order valence-corrected chi connectivity index (χ2v) is 7.99. The molecule has 0 spiro atoms. The summed E-state index contributed by atoms with van der Waals surface area (Å²) in [5.41, 5.74) is 1.58. The maximum absolute atomic E-state index is 12.8. The summed E-state index contributed by atoms with van der Waals surface area (Å²) < 4.78 is 4.72. The lowest BCUT2D eigenvalue weighted by Gasteiger charge is -2.21. The number of thiophene rings is 1. The van der Waals surface area contributed by atoms with Crippen molar-refractivity contribution in [2.45, 2.75) is 13.0 Å². The van der Waals surface area contributed by atoms with E-state index >= 15 is 0 Å². The van der Waals surface area contributed by atoms with Gasteiger partial charge >= 0.3 is 5.97 Å². The van der Waals surface area contributed by atoms with Crippen molar-refractivity contribution in [1.82, 2.24) is 9.88 Å². The number of rotatable bonds is 7. The van der Waals surface area contributed by atoms with Crippen molar-refractivity contribution < 1.29 is 14.3 Å². The van der Waals surface area contributed by atoms with Gasteiger partial charge in [-0.25, -0.2) is 4.98 Å². The van der Waals surface area contributed by atoms with Crippen molar-refractivity contribution in [3.8, 4) is 9.88 Å². The Morgan fingerprint density at radius 3 is 2.63 bits per heavy atom. The van der Waals surface area contributed by atoms with E-state index in [9.17, 15) is 9.59 Å². The second-order valence-electron chi connectivity index (χ2n) is 5.75. The predicted octanol–water partition coefficient (Wildman–Crippen LogP) is 4.27. The highest BCUT2D eigenvalue weighted by Crippen LogP contribution is 2.28. The summed E-state index contributed by atoms with van der Waals surface area (Å²) in [5.74, 6) is -0.645. The second kappa shape index (κ2) is 9.12. The van der Waals surface area contributed by atoms with E-state index in [0.717, 1.165) is 15.4 Å². The Kier molecular flexibility index (Phi) is 6.60. The Morgan fingerprint density at radius 2 is 1.96 bits per heavy atom. The molecule has 1 aromatic carbocycles. The number of halogens is 1. The first-order valence-electron chi connectivity index (χ1n) is 8.12. The fourth-order valence-corrected chi connectivity index (χ4v) is 4.19. The third-order valence-corrected chi connectivity index (χ3v) is 5.99. The molecular formula is C19H17ClN2O3S2. The van der Waals surface area contributed by atoms with Gasteiger partial charge < -0.3 is 9.64 Å². The summed E-state index contributed by atoms with van der Waals surface area (Å²) in [6, 6.07) is 11.1. The lowest BCUT2D eigenvalue weighted by Crippen LogP contribution is -2.36. The molecule has 5 nitrogen and oxygen atoms in total. The van der Waals surface area contributed by atoms with Crippen molar-refractivity contribution in [3.63, 3.8) is 0 Å². The first-order chi connectivity index (χ1) is 13.0. The predicted molar refractivity (Wildman–Crippen MR) is 108 cm³/mol. The molecule has 0 aliphatic rings. The Bertz CT molecular complexity index is 907. The van der Waals surface area contributed by atoms with E-state index in [2.05, 4.69) is 4.98 Å². The molecule has 0 fully saturated rings. The van der Waals surface area contributed by atoms with Crippen molar-refractivity contribution in [2.24, 2.45) is 0 Å². The molecule has 0 bridgehead atoms. The topological polar surface area (TPSA) is 59.5 Å². The molecule has 8 heteroatoms. The van der Waals surface area contributed by atoms with E-state index in [1.54, 1.807) is 23.5 Å². The molecule has 2 aromatic heterocycles. The van der Waals surface area contributed by atoms with Gasteiger partial charge in [0.25, 0.3) is 0 Å². The Labute approximate surface area is 170 Å². The number of esters is 1. The normalized spacial score (nSPS) is 10.6. The van der Waals surface area contributed by atoms with Gasteiger partial charge in [-0.2, -0.15) is 0 Å². The number of methoxy groups -OCH3 is 1. The van der Waals surface area contributed by atoms with Crippen molar-refractivity contribution >= 4 is 46.2 Å². The minimum absolute atomic E-state index is 0.111. The van der Waals surface area contributed by atoms with E-state index in [4.69, 9.17) is 16.3 Å². The van der Waals surface area contributed by atoms with Gasteiger partial charge in [-0.05, 0) is 29.1 Å². The van der Waals surface area contributed by atoms with Crippen LogP contribution >= 0.6 is 34.3 Å². The van der Waals surface area contributed by atoms with Crippen LogP contribution in [0.1, 0.15) is 11.3 Å². The van der Waals surface area contributed by atoms with Crippen LogP contribution in [-0.2, 0) is 27.3 Å². The Hall–Kier alpha value is -2.22. The number of benzene rings is 1.